The summed E-state index contributed by atoms with van der Waals surface area (Å²) in [4.78, 5) is 18.5. The van der Waals surface area contributed by atoms with Crippen molar-refractivity contribution in [2.75, 3.05) is 39.3 Å². The molecule has 1 aromatic rings. The zero-order valence-electron chi connectivity index (χ0n) is 14.4. The Kier molecular flexibility index (Phi) is 4.96. The molecule has 0 saturated carbocycles. The zero-order valence-corrected chi connectivity index (χ0v) is 14.4. The van der Waals surface area contributed by atoms with Gasteiger partial charge in [-0.15, -0.1) is 10.2 Å². The molecule has 2 saturated heterocycles. The van der Waals surface area contributed by atoms with E-state index in [0.717, 1.165) is 52.2 Å². The number of aromatic nitrogens is 2. The molecule has 7 nitrogen and oxygen atoms in total. The molecule has 7 heteroatoms. The first-order valence-electron chi connectivity index (χ1n) is 8.54. The van der Waals surface area contributed by atoms with E-state index in [1.54, 1.807) is 6.92 Å². The number of carbonyl (C=O) groups is 1. The van der Waals surface area contributed by atoms with Crippen LogP contribution in [0.15, 0.2) is 4.42 Å². The largest absolute Gasteiger partial charge is 0.424 e. The molecule has 0 N–H and O–H groups in total. The molecular weight excluding hydrogens is 294 g/mol. The lowest BCUT2D eigenvalue weighted by Crippen LogP contribution is -2.42. The van der Waals surface area contributed by atoms with Crippen LogP contribution in [0.1, 0.15) is 32.0 Å². The summed E-state index contributed by atoms with van der Waals surface area (Å²) < 4.78 is 5.50. The van der Waals surface area contributed by atoms with Gasteiger partial charge in [0.2, 0.25) is 17.7 Å². The third-order valence-corrected chi connectivity index (χ3v) is 5.02. The standard InChI is InChI=1S/C16H27N5O2/c1-12-9-19(11-16-18-17-13(2)23-16)10-15(12)21-6-4-5-20(7-8-21)14(3)22/h12,15H,4-11H2,1-3H3. The second-order valence-corrected chi connectivity index (χ2v) is 6.85. The number of hydrogen-bond acceptors (Lipinski definition) is 6. The Balaban J connectivity index is 1.57. The van der Waals surface area contributed by atoms with Gasteiger partial charge in [0.25, 0.3) is 0 Å². The molecule has 2 aliphatic rings. The van der Waals surface area contributed by atoms with Gasteiger partial charge in [0.15, 0.2) is 0 Å². The Hall–Kier alpha value is -1.47. The highest BCUT2D eigenvalue weighted by molar-refractivity contribution is 5.73. The summed E-state index contributed by atoms with van der Waals surface area (Å²) in [5.41, 5.74) is 0. The lowest BCUT2D eigenvalue weighted by atomic mass is 10.0. The van der Waals surface area contributed by atoms with Crippen LogP contribution in [0.25, 0.3) is 0 Å². The maximum absolute atomic E-state index is 11.6. The van der Waals surface area contributed by atoms with Crippen LogP contribution >= 0.6 is 0 Å². The molecule has 2 unspecified atom stereocenters. The number of amides is 1. The Labute approximate surface area is 137 Å². The molecule has 0 spiro atoms. The minimum Gasteiger partial charge on any atom is -0.424 e. The molecule has 0 bridgehead atoms. The van der Waals surface area contributed by atoms with Crippen molar-refractivity contribution in [2.45, 2.75) is 39.8 Å². The van der Waals surface area contributed by atoms with E-state index in [4.69, 9.17) is 4.42 Å². The highest BCUT2D eigenvalue weighted by Crippen LogP contribution is 2.24. The highest BCUT2D eigenvalue weighted by atomic mass is 16.4. The van der Waals surface area contributed by atoms with Crippen molar-refractivity contribution in [3.63, 3.8) is 0 Å². The van der Waals surface area contributed by atoms with Gasteiger partial charge >= 0.3 is 0 Å². The molecule has 1 aromatic heterocycles. The number of hydrogen-bond donors (Lipinski definition) is 0. The van der Waals surface area contributed by atoms with Gasteiger partial charge in [-0.3, -0.25) is 14.6 Å². The van der Waals surface area contributed by atoms with E-state index in [0.29, 0.717) is 23.7 Å². The minimum absolute atomic E-state index is 0.194. The first kappa shape index (κ1) is 16.4. The summed E-state index contributed by atoms with van der Waals surface area (Å²) in [5, 5.41) is 8.00. The van der Waals surface area contributed by atoms with Gasteiger partial charge < -0.3 is 9.32 Å². The van der Waals surface area contributed by atoms with E-state index in [1.807, 2.05) is 11.8 Å². The molecular formula is C16H27N5O2. The normalized spacial score (nSPS) is 27.3. The fraction of sp³-hybridized carbons (Fsp3) is 0.812. The lowest BCUT2D eigenvalue weighted by Gasteiger charge is -2.30. The van der Waals surface area contributed by atoms with Crippen molar-refractivity contribution >= 4 is 5.91 Å². The smallest absolute Gasteiger partial charge is 0.230 e. The minimum atomic E-state index is 0.194. The average molecular weight is 321 g/mol. The van der Waals surface area contributed by atoms with Gasteiger partial charge in [-0.05, 0) is 12.3 Å². The summed E-state index contributed by atoms with van der Waals surface area (Å²) >= 11 is 0. The predicted octanol–water partition coefficient (Wildman–Crippen LogP) is 0.753. The van der Waals surface area contributed by atoms with Gasteiger partial charge in [0, 0.05) is 59.2 Å². The number of nitrogens with zero attached hydrogens (tertiary/aromatic N) is 5. The third kappa shape index (κ3) is 3.90. The fourth-order valence-electron chi connectivity index (χ4n) is 3.83. The summed E-state index contributed by atoms with van der Waals surface area (Å²) in [5.74, 6) is 2.14. The molecule has 0 aliphatic carbocycles. The van der Waals surface area contributed by atoms with E-state index in [1.165, 1.54) is 0 Å². The quantitative estimate of drug-likeness (QED) is 0.819. The van der Waals surface area contributed by atoms with E-state index in [2.05, 4.69) is 26.9 Å². The molecule has 2 atom stereocenters. The number of rotatable bonds is 3. The topological polar surface area (TPSA) is 65.7 Å². The van der Waals surface area contributed by atoms with Crippen LogP contribution in [0.3, 0.4) is 0 Å². The molecule has 1 amide bonds. The number of carbonyl (C=O) groups excluding carboxylic acids is 1. The van der Waals surface area contributed by atoms with Gasteiger partial charge in [0.1, 0.15) is 0 Å². The maximum atomic E-state index is 11.6. The van der Waals surface area contributed by atoms with Crippen molar-refractivity contribution in [3.8, 4) is 0 Å². The lowest BCUT2D eigenvalue weighted by molar-refractivity contribution is -0.128. The van der Waals surface area contributed by atoms with Crippen LogP contribution in [-0.4, -0.2) is 76.1 Å². The van der Waals surface area contributed by atoms with Crippen molar-refractivity contribution in [1.82, 2.24) is 24.9 Å². The van der Waals surface area contributed by atoms with Crippen molar-refractivity contribution in [3.05, 3.63) is 11.8 Å². The average Bonchev–Trinajstić information content (AvgIpc) is 2.96. The van der Waals surface area contributed by atoms with E-state index < -0.39 is 0 Å². The van der Waals surface area contributed by atoms with Gasteiger partial charge in [-0.1, -0.05) is 6.92 Å². The third-order valence-electron chi connectivity index (χ3n) is 5.02. The molecule has 0 radical (unpaired) electrons. The summed E-state index contributed by atoms with van der Waals surface area (Å²) in [7, 11) is 0. The van der Waals surface area contributed by atoms with Crippen LogP contribution in [0, 0.1) is 12.8 Å². The van der Waals surface area contributed by atoms with E-state index in [9.17, 15) is 4.79 Å². The first-order valence-corrected chi connectivity index (χ1v) is 8.54. The van der Waals surface area contributed by atoms with Crippen molar-refractivity contribution in [1.29, 1.82) is 0 Å². The molecule has 3 rings (SSSR count). The van der Waals surface area contributed by atoms with Gasteiger partial charge in [-0.25, -0.2) is 0 Å². The Morgan fingerprint density at radius 1 is 1.22 bits per heavy atom. The summed E-state index contributed by atoms with van der Waals surface area (Å²) in [6, 6.07) is 0.547. The number of likely N-dealkylation sites (tertiary alicyclic amines) is 1. The monoisotopic (exact) mass is 321 g/mol. The van der Waals surface area contributed by atoms with E-state index >= 15 is 0 Å². The maximum Gasteiger partial charge on any atom is 0.230 e. The first-order chi connectivity index (χ1) is 11.0. The summed E-state index contributed by atoms with van der Waals surface area (Å²) in [6.45, 7) is 12.4. The Morgan fingerprint density at radius 3 is 2.74 bits per heavy atom. The van der Waals surface area contributed by atoms with Crippen LogP contribution in [0.4, 0.5) is 0 Å². The Bertz CT molecular complexity index is 546. The van der Waals surface area contributed by atoms with Crippen molar-refractivity contribution < 1.29 is 9.21 Å². The molecule has 0 aromatic carbocycles. The van der Waals surface area contributed by atoms with Crippen LogP contribution in [0.5, 0.6) is 0 Å². The second kappa shape index (κ2) is 6.97. The van der Waals surface area contributed by atoms with Crippen LogP contribution < -0.4 is 0 Å². The Morgan fingerprint density at radius 2 is 2.04 bits per heavy atom. The SMILES string of the molecule is CC(=O)N1CCCN(C2CN(Cc3nnc(C)o3)CC2C)CC1. The molecule has 3 heterocycles. The van der Waals surface area contributed by atoms with Crippen LogP contribution in [0.2, 0.25) is 0 Å². The molecule has 23 heavy (non-hydrogen) atoms. The predicted molar refractivity (Wildman–Crippen MR) is 85.7 cm³/mol. The number of aryl methyl sites for hydroxylation is 1. The van der Waals surface area contributed by atoms with E-state index in [-0.39, 0.29) is 5.91 Å². The molecule has 2 fully saturated rings. The highest BCUT2D eigenvalue weighted by Gasteiger charge is 2.35. The molecule has 2 aliphatic heterocycles. The van der Waals surface area contributed by atoms with Gasteiger partial charge in [0.05, 0.1) is 6.54 Å². The second-order valence-electron chi connectivity index (χ2n) is 6.85. The summed E-state index contributed by atoms with van der Waals surface area (Å²) in [6.07, 6.45) is 1.06. The molecule has 128 valence electrons. The zero-order chi connectivity index (χ0) is 16.4. The van der Waals surface area contributed by atoms with Crippen LogP contribution in [-0.2, 0) is 11.3 Å². The van der Waals surface area contributed by atoms with Gasteiger partial charge in [-0.2, -0.15) is 0 Å². The fourth-order valence-corrected chi connectivity index (χ4v) is 3.83. The van der Waals surface area contributed by atoms with Crippen molar-refractivity contribution in [2.24, 2.45) is 5.92 Å².